The monoisotopic (exact) mass is 301 g/mol. The number of alkyl halides is 3. The molecule has 1 fully saturated rings. The summed E-state index contributed by atoms with van der Waals surface area (Å²) in [7, 11) is 3.37. The lowest BCUT2D eigenvalue weighted by Crippen LogP contribution is -2.47. The second-order valence-corrected chi connectivity index (χ2v) is 5.10. The molecule has 0 spiro atoms. The van der Waals surface area contributed by atoms with Gasteiger partial charge in [0.2, 0.25) is 0 Å². The number of hydrogen-bond donors (Lipinski definition) is 1. The number of halogens is 3. The van der Waals surface area contributed by atoms with Gasteiger partial charge in [0.15, 0.2) is 0 Å². The number of likely N-dealkylation sites (N-methyl/N-ethyl adjacent to an activating group) is 1. The second-order valence-electron chi connectivity index (χ2n) is 5.10. The van der Waals surface area contributed by atoms with Crippen LogP contribution in [-0.4, -0.2) is 56.0 Å². The Morgan fingerprint density at radius 3 is 2.33 bits per heavy atom. The Balaban J connectivity index is 2.26. The third-order valence-corrected chi connectivity index (χ3v) is 3.63. The fraction of sp³-hybridized carbons (Fsp3) is 0.500. The van der Waals surface area contributed by atoms with E-state index in [1.807, 2.05) is 7.05 Å². The standard InChI is InChI=1S/C14H18F3N3O/c1-18-12-4-3-10(9-11(12)14(15,16)17)13(21)20-7-5-19(2)6-8-20/h3-4,9,18H,5-8H2,1-2H3. The van der Waals surface area contributed by atoms with Gasteiger partial charge in [0.1, 0.15) is 0 Å². The van der Waals surface area contributed by atoms with Crippen molar-refractivity contribution in [3.63, 3.8) is 0 Å². The summed E-state index contributed by atoms with van der Waals surface area (Å²) >= 11 is 0. The van der Waals surface area contributed by atoms with E-state index in [0.717, 1.165) is 19.2 Å². The normalized spacial score (nSPS) is 16.9. The van der Waals surface area contributed by atoms with E-state index in [-0.39, 0.29) is 17.2 Å². The van der Waals surface area contributed by atoms with Gasteiger partial charge in [-0.3, -0.25) is 4.79 Å². The molecule has 1 heterocycles. The van der Waals surface area contributed by atoms with Crippen LogP contribution in [-0.2, 0) is 6.18 Å². The number of rotatable bonds is 2. The molecule has 0 atom stereocenters. The van der Waals surface area contributed by atoms with Gasteiger partial charge in [0, 0.05) is 44.5 Å². The van der Waals surface area contributed by atoms with Gasteiger partial charge in [-0.15, -0.1) is 0 Å². The molecule has 2 rings (SSSR count). The highest BCUT2D eigenvalue weighted by molar-refractivity contribution is 5.95. The molecule has 0 unspecified atom stereocenters. The van der Waals surface area contributed by atoms with Crippen LogP contribution in [0.5, 0.6) is 0 Å². The molecule has 1 aromatic carbocycles. The number of hydrogen-bond acceptors (Lipinski definition) is 3. The Morgan fingerprint density at radius 1 is 1.19 bits per heavy atom. The van der Waals surface area contributed by atoms with Crippen LogP contribution in [0.2, 0.25) is 0 Å². The predicted octanol–water partition coefficient (Wildman–Crippen LogP) is 2.13. The van der Waals surface area contributed by atoms with Crippen LogP contribution in [0.4, 0.5) is 18.9 Å². The SMILES string of the molecule is CNc1ccc(C(=O)N2CCN(C)CC2)cc1C(F)(F)F. The fourth-order valence-electron chi connectivity index (χ4n) is 2.32. The molecule has 116 valence electrons. The zero-order chi connectivity index (χ0) is 15.6. The first kappa shape index (κ1) is 15.6. The first-order chi connectivity index (χ1) is 9.82. The van der Waals surface area contributed by atoms with E-state index >= 15 is 0 Å². The molecule has 0 saturated carbocycles. The maximum Gasteiger partial charge on any atom is 0.418 e. The van der Waals surface area contributed by atoms with Gasteiger partial charge >= 0.3 is 6.18 Å². The number of amides is 1. The third kappa shape index (κ3) is 3.47. The van der Waals surface area contributed by atoms with Crippen LogP contribution in [0, 0.1) is 0 Å². The summed E-state index contributed by atoms with van der Waals surface area (Å²) < 4.78 is 39.0. The van der Waals surface area contributed by atoms with E-state index in [0.29, 0.717) is 13.1 Å². The molecule has 1 aliphatic rings. The maximum absolute atomic E-state index is 13.0. The fourth-order valence-corrected chi connectivity index (χ4v) is 2.32. The van der Waals surface area contributed by atoms with Gasteiger partial charge in [-0.1, -0.05) is 0 Å². The van der Waals surface area contributed by atoms with Crippen molar-refractivity contribution in [2.45, 2.75) is 6.18 Å². The molecule has 0 aromatic heterocycles. The van der Waals surface area contributed by atoms with E-state index in [1.54, 1.807) is 4.90 Å². The van der Waals surface area contributed by atoms with E-state index in [2.05, 4.69) is 10.2 Å². The van der Waals surface area contributed by atoms with E-state index in [1.165, 1.54) is 19.2 Å². The summed E-state index contributed by atoms with van der Waals surface area (Å²) in [4.78, 5) is 16.0. The van der Waals surface area contributed by atoms with Gasteiger partial charge in [-0.2, -0.15) is 13.2 Å². The van der Waals surface area contributed by atoms with Crippen molar-refractivity contribution in [1.29, 1.82) is 0 Å². The topological polar surface area (TPSA) is 35.6 Å². The van der Waals surface area contributed by atoms with Crippen LogP contribution in [0.1, 0.15) is 15.9 Å². The molecule has 1 saturated heterocycles. The highest BCUT2D eigenvalue weighted by Gasteiger charge is 2.34. The van der Waals surface area contributed by atoms with Crippen molar-refractivity contribution in [1.82, 2.24) is 9.80 Å². The largest absolute Gasteiger partial charge is 0.418 e. The average Bonchev–Trinajstić information content (AvgIpc) is 2.45. The van der Waals surface area contributed by atoms with Crippen molar-refractivity contribution in [2.75, 3.05) is 45.6 Å². The van der Waals surface area contributed by atoms with Crippen molar-refractivity contribution in [2.24, 2.45) is 0 Å². The Morgan fingerprint density at radius 2 is 1.81 bits per heavy atom. The highest BCUT2D eigenvalue weighted by Crippen LogP contribution is 2.35. The molecule has 7 heteroatoms. The van der Waals surface area contributed by atoms with Gasteiger partial charge in [0.25, 0.3) is 5.91 Å². The zero-order valence-corrected chi connectivity index (χ0v) is 12.0. The molecule has 1 aliphatic heterocycles. The number of carbonyl (C=O) groups excluding carboxylic acids is 1. The summed E-state index contributed by atoms with van der Waals surface area (Å²) in [5, 5.41) is 2.50. The summed E-state index contributed by atoms with van der Waals surface area (Å²) in [6, 6.07) is 3.65. The first-order valence-corrected chi connectivity index (χ1v) is 6.69. The summed E-state index contributed by atoms with van der Waals surface area (Å²) in [5.41, 5.74) is -0.770. The van der Waals surface area contributed by atoms with E-state index < -0.39 is 11.7 Å². The van der Waals surface area contributed by atoms with Crippen molar-refractivity contribution in [3.05, 3.63) is 29.3 Å². The average molecular weight is 301 g/mol. The van der Waals surface area contributed by atoms with Gasteiger partial charge in [-0.25, -0.2) is 0 Å². The van der Waals surface area contributed by atoms with Crippen molar-refractivity contribution >= 4 is 11.6 Å². The maximum atomic E-state index is 13.0. The van der Waals surface area contributed by atoms with Gasteiger partial charge in [0.05, 0.1) is 5.56 Å². The van der Waals surface area contributed by atoms with Crippen molar-refractivity contribution in [3.8, 4) is 0 Å². The van der Waals surface area contributed by atoms with Crippen LogP contribution < -0.4 is 5.32 Å². The lowest BCUT2D eigenvalue weighted by molar-refractivity contribution is -0.136. The van der Waals surface area contributed by atoms with Gasteiger partial charge in [-0.05, 0) is 25.2 Å². The number of benzene rings is 1. The minimum atomic E-state index is -4.49. The molecule has 21 heavy (non-hydrogen) atoms. The molecule has 1 aromatic rings. The number of nitrogens with one attached hydrogen (secondary N) is 1. The van der Waals surface area contributed by atoms with Crippen LogP contribution in [0.25, 0.3) is 0 Å². The molecule has 0 aliphatic carbocycles. The molecule has 0 radical (unpaired) electrons. The Kier molecular flexibility index (Phi) is 4.41. The minimum Gasteiger partial charge on any atom is -0.388 e. The van der Waals surface area contributed by atoms with Crippen molar-refractivity contribution < 1.29 is 18.0 Å². The number of anilines is 1. The molecule has 1 N–H and O–H groups in total. The number of nitrogens with zero attached hydrogens (tertiary/aromatic N) is 2. The Bertz CT molecular complexity index is 523. The lowest BCUT2D eigenvalue weighted by atomic mass is 10.1. The van der Waals surface area contributed by atoms with E-state index in [4.69, 9.17) is 0 Å². The molecule has 0 bridgehead atoms. The third-order valence-electron chi connectivity index (χ3n) is 3.63. The predicted molar refractivity (Wildman–Crippen MR) is 74.4 cm³/mol. The minimum absolute atomic E-state index is 0.0302. The smallest absolute Gasteiger partial charge is 0.388 e. The zero-order valence-electron chi connectivity index (χ0n) is 12.0. The molecule has 1 amide bonds. The number of piperazine rings is 1. The summed E-state index contributed by atoms with van der Waals surface area (Å²) in [6.07, 6.45) is -4.49. The number of carbonyl (C=O) groups is 1. The summed E-state index contributed by atoms with van der Waals surface area (Å²) in [5.74, 6) is -0.351. The van der Waals surface area contributed by atoms with Gasteiger partial charge < -0.3 is 15.1 Å². The Labute approximate surface area is 121 Å². The molecule has 4 nitrogen and oxygen atoms in total. The van der Waals surface area contributed by atoms with Crippen LogP contribution in [0.3, 0.4) is 0 Å². The second kappa shape index (κ2) is 5.93. The Hall–Kier alpha value is -1.76. The van der Waals surface area contributed by atoms with Crippen LogP contribution in [0.15, 0.2) is 18.2 Å². The van der Waals surface area contributed by atoms with Crippen LogP contribution >= 0.6 is 0 Å². The molecular weight excluding hydrogens is 283 g/mol. The van der Waals surface area contributed by atoms with E-state index in [9.17, 15) is 18.0 Å². The highest BCUT2D eigenvalue weighted by atomic mass is 19.4. The quantitative estimate of drug-likeness (QED) is 0.909. The molecular formula is C14H18F3N3O. The lowest BCUT2D eigenvalue weighted by Gasteiger charge is -2.32. The first-order valence-electron chi connectivity index (χ1n) is 6.69. The summed E-state index contributed by atoms with van der Waals surface area (Å²) in [6.45, 7) is 2.52.